The first kappa shape index (κ1) is 13.0. The van der Waals surface area contributed by atoms with Crippen LogP contribution in [0.5, 0.6) is 0 Å². The number of hydrogen-bond donors (Lipinski definition) is 2. The molecule has 2 N–H and O–H groups in total. The van der Waals surface area contributed by atoms with E-state index < -0.39 is 5.97 Å². The Kier molecular flexibility index (Phi) is 4.72. The minimum Gasteiger partial charge on any atom is -0.481 e. The highest BCUT2D eigenvalue weighted by atomic mass is 32.1. The van der Waals surface area contributed by atoms with Crippen molar-refractivity contribution in [1.82, 2.24) is 4.98 Å². The monoisotopic (exact) mass is 282 g/mol. The zero-order chi connectivity index (χ0) is 12.8. The largest absolute Gasteiger partial charge is 0.481 e. The first-order valence-corrected chi connectivity index (χ1v) is 7.42. The lowest BCUT2D eigenvalue weighted by Crippen LogP contribution is -2.04. The summed E-state index contributed by atoms with van der Waals surface area (Å²) in [6, 6.07) is 4.17. The number of thiophene rings is 1. The van der Waals surface area contributed by atoms with Gasteiger partial charge in [0.1, 0.15) is 0 Å². The Balaban J connectivity index is 1.74. The quantitative estimate of drug-likeness (QED) is 0.819. The van der Waals surface area contributed by atoms with Crippen LogP contribution in [0.1, 0.15) is 17.0 Å². The van der Waals surface area contributed by atoms with Gasteiger partial charge in [-0.15, -0.1) is 22.7 Å². The van der Waals surface area contributed by atoms with Gasteiger partial charge in [-0.1, -0.05) is 6.07 Å². The topological polar surface area (TPSA) is 62.2 Å². The van der Waals surface area contributed by atoms with Crippen molar-refractivity contribution in [2.24, 2.45) is 0 Å². The average Bonchev–Trinajstić information content (AvgIpc) is 2.97. The maximum Gasteiger partial charge on any atom is 0.303 e. The first-order valence-electron chi connectivity index (χ1n) is 5.66. The molecule has 0 spiro atoms. The van der Waals surface area contributed by atoms with Gasteiger partial charge in [0.2, 0.25) is 0 Å². The Morgan fingerprint density at radius 3 is 3.00 bits per heavy atom. The summed E-state index contributed by atoms with van der Waals surface area (Å²) < 4.78 is 0. The molecule has 4 nitrogen and oxygen atoms in total. The molecule has 96 valence electrons. The summed E-state index contributed by atoms with van der Waals surface area (Å²) in [5.74, 6) is -0.782. The highest BCUT2D eigenvalue weighted by Crippen LogP contribution is 2.17. The zero-order valence-electron chi connectivity index (χ0n) is 9.76. The number of carboxylic acids is 1. The second kappa shape index (κ2) is 6.51. The maximum absolute atomic E-state index is 10.4. The Bertz CT molecular complexity index is 494. The number of anilines is 1. The number of hydrogen-bond acceptors (Lipinski definition) is 5. The molecule has 0 bridgehead atoms. The van der Waals surface area contributed by atoms with Crippen LogP contribution in [0.25, 0.3) is 0 Å². The number of carboxylic acid groups (broad SMARTS) is 1. The van der Waals surface area contributed by atoms with Gasteiger partial charge < -0.3 is 10.4 Å². The number of rotatable bonds is 7. The van der Waals surface area contributed by atoms with Crippen LogP contribution in [0.15, 0.2) is 22.9 Å². The van der Waals surface area contributed by atoms with E-state index >= 15 is 0 Å². The molecule has 18 heavy (non-hydrogen) atoms. The summed E-state index contributed by atoms with van der Waals surface area (Å²) in [6.07, 6.45) is 1.62. The van der Waals surface area contributed by atoms with Crippen LogP contribution in [0.4, 0.5) is 5.13 Å². The van der Waals surface area contributed by atoms with Crippen LogP contribution in [0.3, 0.4) is 0 Å². The smallest absolute Gasteiger partial charge is 0.303 e. The number of thiazole rings is 1. The third-order valence-electron chi connectivity index (χ3n) is 2.37. The van der Waals surface area contributed by atoms with E-state index in [2.05, 4.69) is 21.7 Å². The predicted octanol–water partition coefficient (Wildman–Crippen LogP) is 2.88. The highest BCUT2D eigenvalue weighted by molar-refractivity contribution is 7.13. The van der Waals surface area contributed by atoms with E-state index in [1.807, 2.05) is 11.4 Å². The molecule has 0 aliphatic rings. The average molecular weight is 282 g/mol. The molecule has 0 aromatic carbocycles. The van der Waals surface area contributed by atoms with Crippen LogP contribution in [0, 0.1) is 0 Å². The van der Waals surface area contributed by atoms with Crippen molar-refractivity contribution in [2.75, 3.05) is 11.9 Å². The molecule has 0 amide bonds. The predicted molar refractivity (Wildman–Crippen MR) is 74.6 cm³/mol. The van der Waals surface area contributed by atoms with E-state index in [1.165, 1.54) is 16.2 Å². The van der Waals surface area contributed by atoms with Crippen molar-refractivity contribution < 1.29 is 9.90 Å². The van der Waals surface area contributed by atoms with Gasteiger partial charge in [0.15, 0.2) is 5.13 Å². The van der Waals surface area contributed by atoms with E-state index in [-0.39, 0.29) is 6.42 Å². The van der Waals surface area contributed by atoms with E-state index in [0.717, 1.165) is 23.8 Å². The molecule has 2 rings (SSSR count). The molecule has 2 aromatic rings. The van der Waals surface area contributed by atoms with Gasteiger partial charge in [0.25, 0.3) is 0 Å². The van der Waals surface area contributed by atoms with Crippen LogP contribution in [-0.4, -0.2) is 22.6 Å². The highest BCUT2D eigenvalue weighted by Gasteiger charge is 2.04. The van der Waals surface area contributed by atoms with Crippen molar-refractivity contribution in [3.8, 4) is 0 Å². The normalized spacial score (nSPS) is 10.4. The molecule has 0 radical (unpaired) electrons. The third-order valence-corrected chi connectivity index (χ3v) is 4.16. The van der Waals surface area contributed by atoms with E-state index in [4.69, 9.17) is 5.11 Å². The van der Waals surface area contributed by atoms with Crippen LogP contribution < -0.4 is 5.32 Å². The maximum atomic E-state index is 10.4. The Labute approximate surface area is 113 Å². The minimum absolute atomic E-state index is 0.137. The van der Waals surface area contributed by atoms with Crippen molar-refractivity contribution >= 4 is 33.8 Å². The lowest BCUT2D eigenvalue weighted by molar-refractivity contribution is -0.136. The molecule has 0 saturated heterocycles. The summed E-state index contributed by atoms with van der Waals surface area (Å²) in [7, 11) is 0. The van der Waals surface area contributed by atoms with Gasteiger partial charge >= 0.3 is 5.97 Å². The summed E-state index contributed by atoms with van der Waals surface area (Å²) >= 11 is 3.28. The molecular formula is C12H14N2O2S2. The second-order valence-electron chi connectivity index (χ2n) is 3.79. The summed E-state index contributed by atoms with van der Waals surface area (Å²) in [5.41, 5.74) is 0.848. The van der Waals surface area contributed by atoms with Crippen molar-refractivity contribution in [3.63, 3.8) is 0 Å². The molecular weight excluding hydrogens is 268 g/mol. The number of nitrogens with one attached hydrogen (secondary N) is 1. The summed E-state index contributed by atoms with van der Waals surface area (Å²) in [4.78, 5) is 16.1. The van der Waals surface area contributed by atoms with Crippen molar-refractivity contribution in [1.29, 1.82) is 0 Å². The fraction of sp³-hybridized carbons (Fsp3) is 0.333. The minimum atomic E-state index is -0.782. The Morgan fingerprint density at radius 2 is 2.28 bits per heavy atom. The van der Waals surface area contributed by atoms with E-state index in [9.17, 15) is 4.79 Å². The number of carbonyl (C=O) groups is 1. The van der Waals surface area contributed by atoms with E-state index in [0.29, 0.717) is 6.42 Å². The van der Waals surface area contributed by atoms with Crippen LogP contribution in [0.2, 0.25) is 0 Å². The van der Waals surface area contributed by atoms with Crippen molar-refractivity contribution in [2.45, 2.75) is 19.3 Å². The summed E-state index contributed by atoms with van der Waals surface area (Å²) in [6.45, 7) is 0.854. The van der Waals surface area contributed by atoms with Gasteiger partial charge in [0, 0.05) is 23.2 Å². The number of aromatic nitrogens is 1. The second-order valence-corrected chi connectivity index (χ2v) is 5.68. The molecule has 0 unspecified atom stereocenters. The van der Waals surface area contributed by atoms with E-state index in [1.54, 1.807) is 11.3 Å². The standard InChI is InChI=1S/C12H14N2O2S2/c15-11(16)4-3-9-8-18-12(14-9)13-6-5-10-2-1-7-17-10/h1-2,7-8H,3-6H2,(H,13,14)(H,15,16). The SMILES string of the molecule is O=C(O)CCc1csc(NCCc2cccs2)n1. The summed E-state index contributed by atoms with van der Waals surface area (Å²) in [5, 5.41) is 16.7. The zero-order valence-corrected chi connectivity index (χ0v) is 11.4. The lowest BCUT2D eigenvalue weighted by atomic mass is 10.2. The molecule has 6 heteroatoms. The number of aliphatic carboxylic acids is 1. The van der Waals surface area contributed by atoms with Gasteiger partial charge in [-0.05, 0) is 17.9 Å². The Morgan fingerprint density at radius 1 is 1.39 bits per heavy atom. The third kappa shape index (κ3) is 4.12. The molecule has 0 aliphatic carbocycles. The Hall–Kier alpha value is -1.40. The van der Waals surface area contributed by atoms with Gasteiger partial charge in [-0.2, -0.15) is 0 Å². The van der Waals surface area contributed by atoms with Crippen LogP contribution >= 0.6 is 22.7 Å². The first-order chi connectivity index (χ1) is 8.74. The van der Waals surface area contributed by atoms with Crippen LogP contribution in [-0.2, 0) is 17.6 Å². The molecule has 0 aliphatic heterocycles. The molecule has 2 aromatic heterocycles. The lowest BCUT2D eigenvalue weighted by Gasteiger charge is -2.00. The van der Waals surface area contributed by atoms with Crippen molar-refractivity contribution in [3.05, 3.63) is 33.5 Å². The van der Waals surface area contributed by atoms with Gasteiger partial charge in [0.05, 0.1) is 12.1 Å². The molecule has 0 saturated carbocycles. The fourth-order valence-electron chi connectivity index (χ4n) is 1.49. The number of aryl methyl sites for hydroxylation is 1. The molecule has 0 atom stereocenters. The fourth-order valence-corrected chi connectivity index (χ4v) is 2.97. The van der Waals surface area contributed by atoms with Gasteiger partial charge in [-0.25, -0.2) is 4.98 Å². The molecule has 2 heterocycles. The molecule has 0 fully saturated rings. The van der Waals surface area contributed by atoms with Gasteiger partial charge in [-0.3, -0.25) is 4.79 Å². The number of nitrogens with zero attached hydrogens (tertiary/aromatic N) is 1.